The monoisotopic (exact) mass is 578 g/mol. The van der Waals surface area contributed by atoms with Crippen LogP contribution >= 0.6 is 28.8 Å². The summed E-state index contributed by atoms with van der Waals surface area (Å²) in [6.07, 6.45) is 0.729. The van der Waals surface area contributed by atoms with E-state index in [9.17, 15) is 5.11 Å². The van der Waals surface area contributed by atoms with Gasteiger partial charge in [-0.15, -0.1) is 0 Å². The van der Waals surface area contributed by atoms with Crippen molar-refractivity contribution in [2.45, 2.75) is 6.42 Å². The molecule has 0 fully saturated rings. The number of ether oxygens (including phenoxy) is 2. The maximum absolute atomic E-state index is 9.97. The van der Waals surface area contributed by atoms with E-state index in [-0.39, 0.29) is 12.5 Å². The zero-order valence-corrected chi connectivity index (χ0v) is 21.2. The number of hydrogen-bond acceptors (Lipinski definition) is 4. The smallest absolute Gasteiger partial charge is 0.188 e. The van der Waals surface area contributed by atoms with Crippen molar-refractivity contribution in [1.82, 2.24) is 0 Å². The highest BCUT2D eigenvalue weighted by Gasteiger charge is 2.12. The van der Waals surface area contributed by atoms with Gasteiger partial charge in [0, 0.05) is 7.11 Å². The Labute approximate surface area is 205 Å². The zero-order valence-electron chi connectivity index (χ0n) is 18.3. The highest BCUT2D eigenvalue weighted by Crippen LogP contribution is 2.34. The highest BCUT2D eigenvalue weighted by molar-refractivity contribution is 14.2. The van der Waals surface area contributed by atoms with E-state index in [1.807, 2.05) is 69.7 Å². The van der Waals surface area contributed by atoms with Crippen LogP contribution in [0.3, 0.4) is 0 Å². The molecule has 0 bridgehead atoms. The molecule has 0 spiro atoms. The molecule has 4 nitrogen and oxygen atoms in total. The van der Waals surface area contributed by atoms with Crippen LogP contribution in [0.25, 0.3) is 21.9 Å². The van der Waals surface area contributed by atoms with Gasteiger partial charge in [0.25, 0.3) is 0 Å². The Hall–Kier alpha value is -2.12. The summed E-state index contributed by atoms with van der Waals surface area (Å²) in [4.78, 5) is 0. The fraction of sp³-hybridized carbons (Fsp3) is 0.120. The Kier molecular flexibility index (Phi) is 7.56. The number of rotatable bonds is 8. The third kappa shape index (κ3) is 5.62. The fourth-order valence-electron chi connectivity index (χ4n) is 3.63. The topological polar surface area (TPSA) is 47.9 Å². The molecule has 0 aromatic heterocycles. The molecule has 0 saturated heterocycles. The van der Waals surface area contributed by atoms with Gasteiger partial charge in [0.2, 0.25) is 0 Å². The van der Waals surface area contributed by atoms with Gasteiger partial charge in [0.15, 0.2) is 14.4 Å². The lowest BCUT2D eigenvalue weighted by Crippen LogP contribution is -1.98. The molecule has 0 aliphatic heterocycles. The SMILES string of the molecule is [3H]S(I)=POc1ccc(Cc2c(-c3ccc(OCOC)cc3)ccc3cc(O)ccc23)cc1. The van der Waals surface area contributed by atoms with E-state index in [1.54, 1.807) is 19.2 Å². The van der Waals surface area contributed by atoms with Gasteiger partial charge in [-0.1, -0.05) is 50.5 Å². The number of benzene rings is 4. The molecule has 7 heteroatoms. The van der Waals surface area contributed by atoms with Gasteiger partial charge < -0.3 is 19.1 Å². The summed E-state index contributed by atoms with van der Waals surface area (Å²) < 4.78 is 23.7. The Bertz CT molecular complexity index is 1280. The van der Waals surface area contributed by atoms with E-state index >= 15 is 0 Å². The predicted octanol–water partition coefficient (Wildman–Crippen LogP) is 7.11. The van der Waals surface area contributed by atoms with Gasteiger partial charge >= 0.3 is 0 Å². The van der Waals surface area contributed by atoms with E-state index in [4.69, 9.17) is 15.1 Å². The van der Waals surface area contributed by atoms with Crippen LogP contribution in [-0.4, -0.2) is 20.1 Å². The van der Waals surface area contributed by atoms with Crippen LogP contribution in [0.1, 0.15) is 11.1 Å². The molecular formula is C25H22IO4PS. The summed E-state index contributed by atoms with van der Waals surface area (Å²) in [6, 6.07) is 25.7. The lowest BCUT2D eigenvalue weighted by atomic mass is 9.90. The number of phenolic OH excluding ortho intramolecular Hbond substituents is 1. The van der Waals surface area contributed by atoms with Crippen molar-refractivity contribution >= 4 is 47.6 Å². The lowest BCUT2D eigenvalue weighted by Gasteiger charge is -2.15. The second kappa shape index (κ2) is 11.1. The van der Waals surface area contributed by atoms with Crippen LogP contribution in [0.15, 0.2) is 78.9 Å². The standard InChI is InChI=1S/C25H22IO4PS/c1-28-16-29-21-10-4-18(5-11-21)23-12-6-19-15-20(27)7-13-24(19)25(23)14-17-2-8-22(9-3-17)30-31-32-26/h2-13,15,27,32H,14,16H2,1H3/i32T. The maximum atomic E-state index is 9.97. The Balaban J connectivity index is 1.71. The summed E-state index contributed by atoms with van der Waals surface area (Å²) >= 11 is 2.04. The quantitative estimate of drug-likeness (QED) is 0.101. The molecule has 0 aliphatic carbocycles. The first kappa shape index (κ1) is 21.7. The minimum absolute atomic E-state index is 0.212. The van der Waals surface area contributed by atoms with Crippen LogP contribution in [0.5, 0.6) is 17.2 Å². The van der Waals surface area contributed by atoms with Gasteiger partial charge in [0.1, 0.15) is 18.4 Å². The first-order chi connectivity index (χ1) is 16.0. The molecule has 0 aliphatic rings. The van der Waals surface area contributed by atoms with Crippen LogP contribution in [0, 0.1) is 0 Å². The second-order valence-corrected chi connectivity index (χ2v) is 12.0. The summed E-state index contributed by atoms with van der Waals surface area (Å²) in [5.41, 5.74) is 4.56. The third-order valence-corrected chi connectivity index (χ3v) is 7.28. The van der Waals surface area contributed by atoms with Crippen molar-refractivity contribution in [3.63, 3.8) is 0 Å². The first-order valence-corrected chi connectivity index (χ1v) is 14.7. The van der Waals surface area contributed by atoms with Gasteiger partial charge in [0.05, 0.1) is 0 Å². The van der Waals surface area contributed by atoms with Crippen LogP contribution in [0.4, 0.5) is 0 Å². The molecule has 0 heterocycles. The molecule has 4 aromatic carbocycles. The zero-order chi connectivity index (χ0) is 23.2. The van der Waals surface area contributed by atoms with Crippen molar-refractivity contribution in [3.05, 3.63) is 90.0 Å². The highest BCUT2D eigenvalue weighted by atomic mass is 127. The van der Waals surface area contributed by atoms with Crippen molar-refractivity contribution in [2.24, 2.45) is 0 Å². The number of aromatic hydroxyl groups is 1. The molecular weight excluding hydrogens is 554 g/mol. The Morgan fingerprint density at radius 1 is 0.969 bits per heavy atom. The van der Waals surface area contributed by atoms with Gasteiger partial charge in [-0.2, -0.15) is 0 Å². The molecule has 1 N–H and O–H groups in total. The number of methoxy groups -OCH3 is 1. The van der Waals surface area contributed by atoms with Crippen molar-refractivity contribution in [1.29, 1.82) is 1.12 Å². The summed E-state index contributed by atoms with van der Waals surface area (Å²) in [7, 11) is 1.67. The normalized spacial score (nSPS) is 12.5. The minimum Gasteiger partial charge on any atom is -0.508 e. The van der Waals surface area contributed by atoms with E-state index in [0.29, 0.717) is 7.58 Å². The lowest BCUT2D eigenvalue weighted by molar-refractivity contribution is 0.0511. The molecule has 1 atom stereocenters. The van der Waals surface area contributed by atoms with Gasteiger partial charge in [-0.05, 0) is 97.1 Å². The average Bonchev–Trinajstić information content (AvgIpc) is 2.82. The fourth-order valence-corrected chi connectivity index (χ4v) is 4.93. The van der Waals surface area contributed by atoms with Gasteiger partial charge in [-0.25, -0.2) is 0 Å². The van der Waals surface area contributed by atoms with Crippen molar-refractivity contribution in [2.75, 3.05) is 13.9 Å². The number of phenols is 1. The molecule has 0 amide bonds. The first-order valence-electron chi connectivity index (χ1n) is 10.3. The van der Waals surface area contributed by atoms with Crippen LogP contribution in [0.2, 0.25) is 0 Å². The summed E-state index contributed by atoms with van der Waals surface area (Å²) in [5, 5.41) is 12.1. The number of thiol groups is 1. The van der Waals surface area contributed by atoms with E-state index < -0.39 is 8.02 Å². The van der Waals surface area contributed by atoms with E-state index in [0.717, 1.165) is 45.4 Å². The largest absolute Gasteiger partial charge is 0.508 e. The van der Waals surface area contributed by atoms with Crippen molar-refractivity contribution < 1.29 is 19.1 Å². The van der Waals surface area contributed by atoms with Crippen LogP contribution in [-0.2, 0) is 19.2 Å². The molecule has 4 rings (SSSR count). The molecule has 0 radical (unpaired) electrons. The Morgan fingerprint density at radius 3 is 2.44 bits per heavy atom. The summed E-state index contributed by atoms with van der Waals surface area (Å²) in [6.45, 7) is 0.212. The third-order valence-electron chi connectivity index (χ3n) is 5.10. The molecule has 4 aromatic rings. The molecule has 164 valence electrons. The number of fused-ring (bicyclic) bond motifs is 1. The summed E-state index contributed by atoms with van der Waals surface area (Å²) in [5.74, 6) is 1.77. The average molecular weight is 578 g/mol. The second-order valence-electron chi connectivity index (χ2n) is 7.13. The maximum Gasteiger partial charge on any atom is 0.188 e. The van der Waals surface area contributed by atoms with Crippen LogP contribution < -0.4 is 9.26 Å². The molecule has 0 saturated carbocycles. The number of halogens is 1. The van der Waals surface area contributed by atoms with E-state index in [2.05, 4.69) is 18.2 Å². The molecule has 32 heavy (non-hydrogen) atoms. The minimum atomic E-state index is -0.565. The van der Waals surface area contributed by atoms with Crippen molar-refractivity contribution in [3.8, 4) is 28.4 Å². The van der Waals surface area contributed by atoms with E-state index in [1.165, 1.54) is 5.56 Å². The van der Waals surface area contributed by atoms with Gasteiger partial charge in [-0.3, -0.25) is 0 Å². The Morgan fingerprint density at radius 2 is 1.72 bits per heavy atom. The molecule has 1 unspecified atom stereocenters. The number of hydrogen-bond donors (Lipinski definition) is 2. The predicted molar refractivity (Wildman–Crippen MR) is 143 cm³/mol.